The number of nitrogens with zero attached hydrogens (tertiary/aromatic N) is 1. The summed E-state index contributed by atoms with van der Waals surface area (Å²) in [5, 5.41) is 6.15. The second kappa shape index (κ2) is 3.38. The Balaban J connectivity index is 2.61. The smallest absolute Gasteiger partial charge is 0.251 e. The quantitative estimate of drug-likeness (QED) is 0.548. The van der Waals surface area contributed by atoms with Crippen LogP contribution in [0.5, 0.6) is 0 Å². The SMILES string of the molecule is C=C(C)C(=O)NC1=NNC(=O)C1C. The highest BCUT2D eigenvalue weighted by molar-refractivity contribution is 6.14. The molecule has 0 aromatic heterocycles. The van der Waals surface area contributed by atoms with Crippen LogP contribution >= 0.6 is 0 Å². The number of hydrogen-bond acceptors (Lipinski definition) is 3. The Morgan fingerprint density at radius 3 is 2.69 bits per heavy atom. The van der Waals surface area contributed by atoms with Crippen molar-refractivity contribution in [3.8, 4) is 0 Å². The topological polar surface area (TPSA) is 70.6 Å². The molecule has 0 radical (unpaired) electrons. The molecule has 0 bridgehead atoms. The van der Waals surface area contributed by atoms with Gasteiger partial charge in [0.25, 0.3) is 11.8 Å². The van der Waals surface area contributed by atoms with Gasteiger partial charge in [0.2, 0.25) is 0 Å². The zero-order valence-electron chi connectivity index (χ0n) is 7.55. The normalized spacial score (nSPS) is 20.6. The first-order valence-corrected chi connectivity index (χ1v) is 3.86. The third-order valence-corrected chi connectivity index (χ3v) is 1.72. The fourth-order valence-electron chi connectivity index (χ4n) is 0.792. The van der Waals surface area contributed by atoms with Gasteiger partial charge in [-0.2, -0.15) is 5.10 Å². The molecule has 0 aliphatic carbocycles. The Kier molecular flexibility index (Phi) is 2.46. The van der Waals surface area contributed by atoms with E-state index in [-0.39, 0.29) is 11.8 Å². The maximum Gasteiger partial charge on any atom is 0.251 e. The molecule has 5 heteroatoms. The first kappa shape index (κ1) is 9.44. The van der Waals surface area contributed by atoms with E-state index in [1.54, 1.807) is 13.8 Å². The zero-order valence-corrected chi connectivity index (χ0v) is 7.55. The lowest BCUT2D eigenvalue weighted by Crippen LogP contribution is -2.35. The van der Waals surface area contributed by atoms with Crippen molar-refractivity contribution in [3.05, 3.63) is 12.2 Å². The van der Waals surface area contributed by atoms with E-state index >= 15 is 0 Å². The summed E-state index contributed by atoms with van der Waals surface area (Å²) in [6, 6.07) is 0. The van der Waals surface area contributed by atoms with Crippen LogP contribution in [0.4, 0.5) is 0 Å². The summed E-state index contributed by atoms with van der Waals surface area (Å²) >= 11 is 0. The number of rotatable bonds is 1. The van der Waals surface area contributed by atoms with Crippen LogP contribution in [-0.2, 0) is 9.59 Å². The van der Waals surface area contributed by atoms with E-state index < -0.39 is 5.92 Å². The molecule has 5 nitrogen and oxygen atoms in total. The van der Waals surface area contributed by atoms with Crippen molar-refractivity contribution in [1.29, 1.82) is 0 Å². The molecule has 0 aromatic rings. The molecule has 1 heterocycles. The minimum atomic E-state index is -0.400. The molecule has 2 N–H and O–H groups in total. The van der Waals surface area contributed by atoms with Gasteiger partial charge in [-0.25, -0.2) is 5.43 Å². The van der Waals surface area contributed by atoms with E-state index in [1.807, 2.05) is 0 Å². The first-order valence-electron chi connectivity index (χ1n) is 3.86. The third kappa shape index (κ3) is 1.93. The van der Waals surface area contributed by atoms with Gasteiger partial charge in [-0.15, -0.1) is 0 Å². The fourth-order valence-corrected chi connectivity index (χ4v) is 0.792. The van der Waals surface area contributed by atoms with Crippen molar-refractivity contribution in [2.24, 2.45) is 11.0 Å². The van der Waals surface area contributed by atoms with E-state index in [9.17, 15) is 9.59 Å². The summed E-state index contributed by atoms with van der Waals surface area (Å²) in [6.07, 6.45) is 0. The van der Waals surface area contributed by atoms with Gasteiger partial charge >= 0.3 is 0 Å². The molecule has 0 aromatic carbocycles. The molecule has 0 saturated heterocycles. The van der Waals surface area contributed by atoms with Crippen LogP contribution in [0.25, 0.3) is 0 Å². The van der Waals surface area contributed by atoms with Gasteiger partial charge in [0.1, 0.15) is 5.84 Å². The highest BCUT2D eigenvalue weighted by Crippen LogP contribution is 2.03. The van der Waals surface area contributed by atoms with Gasteiger partial charge in [-0.3, -0.25) is 9.59 Å². The van der Waals surface area contributed by atoms with Gasteiger partial charge in [0.15, 0.2) is 0 Å². The van der Waals surface area contributed by atoms with Crippen molar-refractivity contribution < 1.29 is 9.59 Å². The molecular weight excluding hydrogens is 170 g/mol. The minimum absolute atomic E-state index is 0.211. The summed E-state index contributed by atoms with van der Waals surface area (Å²) in [4.78, 5) is 22.1. The molecule has 0 saturated carbocycles. The Morgan fingerprint density at radius 2 is 2.31 bits per heavy atom. The van der Waals surface area contributed by atoms with Crippen LogP contribution in [-0.4, -0.2) is 17.6 Å². The number of amidine groups is 1. The number of hydrogen-bond donors (Lipinski definition) is 2. The Bertz CT molecular complexity index is 307. The molecule has 13 heavy (non-hydrogen) atoms. The van der Waals surface area contributed by atoms with Crippen LogP contribution in [0.1, 0.15) is 13.8 Å². The van der Waals surface area contributed by atoms with E-state index in [4.69, 9.17) is 0 Å². The van der Waals surface area contributed by atoms with Gasteiger partial charge in [-0.05, 0) is 13.8 Å². The van der Waals surface area contributed by atoms with Crippen molar-refractivity contribution in [2.45, 2.75) is 13.8 Å². The van der Waals surface area contributed by atoms with Crippen molar-refractivity contribution in [3.63, 3.8) is 0 Å². The van der Waals surface area contributed by atoms with Crippen molar-refractivity contribution in [2.75, 3.05) is 0 Å². The van der Waals surface area contributed by atoms with Crippen molar-refractivity contribution in [1.82, 2.24) is 10.7 Å². The number of nitrogens with one attached hydrogen (secondary N) is 2. The molecule has 2 amide bonds. The molecule has 70 valence electrons. The number of carbonyl (C=O) groups is 2. The second-order valence-electron chi connectivity index (χ2n) is 2.93. The highest BCUT2D eigenvalue weighted by Gasteiger charge is 2.26. The predicted molar refractivity (Wildman–Crippen MR) is 47.7 cm³/mol. The van der Waals surface area contributed by atoms with E-state index in [2.05, 4.69) is 22.4 Å². The molecule has 1 aliphatic heterocycles. The molecule has 1 unspecified atom stereocenters. The number of carbonyl (C=O) groups excluding carboxylic acids is 2. The van der Waals surface area contributed by atoms with Gasteiger partial charge in [0, 0.05) is 5.57 Å². The fraction of sp³-hybridized carbons (Fsp3) is 0.375. The molecule has 1 rings (SSSR count). The Hall–Kier alpha value is -1.65. The molecular formula is C8H11N3O2. The lowest BCUT2D eigenvalue weighted by atomic mass is 10.1. The molecule has 0 fully saturated rings. The molecule has 1 atom stereocenters. The lowest BCUT2D eigenvalue weighted by molar-refractivity contribution is -0.121. The summed E-state index contributed by atoms with van der Waals surface area (Å²) in [5.41, 5.74) is 2.65. The van der Waals surface area contributed by atoms with Crippen LogP contribution < -0.4 is 10.7 Å². The summed E-state index contributed by atoms with van der Waals surface area (Å²) in [7, 11) is 0. The Morgan fingerprint density at radius 1 is 1.69 bits per heavy atom. The van der Waals surface area contributed by atoms with Gasteiger partial charge < -0.3 is 5.32 Å². The minimum Gasteiger partial charge on any atom is -0.308 e. The monoisotopic (exact) mass is 181 g/mol. The predicted octanol–water partition coefficient (Wildman–Crippen LogP) is -0.242. The van der Waals surface area contributed by atoms with Crippen LogP contribution in [0.2, 0.25) is 0 Å². The summed E-state index contributed by atoms with van der Waals surface area (Å²) in [6.45, 7) is 6.72. The average Bonchev–Trinajstić information content (AvgIpc) is 2.36. The Labute approximate surface area is 75.9 Å². The molecule has 1 aliphatic rings. The van der Waals surface area contributed by atoms with Crippen LogP contribution in [0, 0.1) is 5.92 Å². The lowest BCUT2D eigenvalue weighted by Gasteiger charge is -2.05. The van der Waals surface area contributed by atoms with E-state index in [0.717, 1.165) is 0 Å². The second-order valence-corrected chi connectivity index (χ2v) is 2.93. The summed E-state index contributed by atoms with van der Waals surface area (Å²) < 4.78 is 0. The largest absolute Gasteiger partial charge is 0.308 e. The first-order chi connectivity index (χ1) is 6.02. The van der Waals surface area contributed by atoms with Crippen molar-refractivity contribution >= 4 is 17.6 Å². The van der Waals surface area contributed by atoms with Crippen LogP contribution in [0.3, 0.4) is 0 Å². The van der Waals surface area contributed by atoms with Gasteiger partial charge in [-0.1, -0.05) is 6.58 Å². The van der Waals surface area contributed by atoms with Gasteiger partial charge in [0.05, 0.1) is 5.92 Å². The summed E-state index contributed by atoms with van der Waals surface area (Å²) in [5.74, 6) is -0.583. The van der Waals surface area contributed by atoms with E-state index in [0.29, 0.717) is 11.4 Å². The van der Waals surface area contributed by atoms with Crippen LogP contribution in [0.15, 0.2) is 17.3 Å². The highest BCUT2D eigenvalue weighted by atomic mass is 16.2. The number of amides is 2. The number of hydrazone groups is 1. The maximum absolute atomic E-state index is 11.1. The standard InChI is InChI=1S/C8H11N3O2/c1-4(2)7(12)9-6-5(3)8(13)11-10-6/h5H,1H2,2-3H3,(H,11,13)(H,9,10,12). The van der Waals surface area contributed by atoms with E-state index in [1.165, 1.54) is 0 Å². The zero-order chi connectivity index (χ0) is 10.0. The maximum atomic E-state index is 11.1. The average molecular weight is 181 g/mol. The third-order valence-electron chi connectivity index (χ3n) is 1.72. The molecule has 0 spiro atoms.